The van der Waals surface area contributed by atoms with Crippen LogP contribution >= 0.6 is 15.9 Å². The molecule has 0 spiro atoms. The van der Waals surface area contributed by atoms with E-state index in [-0.39, 0.29) is 5.97 Å². The van der Waals surface area contributed by atoms with Crippen LogP contribution in [0.5, 0.6) is 0 Å². The van der Waals surface area contributed by atoms with Crippen LogP contribution < -0.4 is 5.32 Å². The summed E-state index contributed by atoms with van der Waals surface area (Å²) in [6.45, 7) is 3.04. The third-order valence-electron chi connectivity index (χ3n) is 2.34. The topological polar surface area (TPSA) is 90.4 Å². The molecule has 2 rings (SSSR count). The van der Waals surface area contributed by atoms with E-state index in [2.05, 4.69) is 31.4 Å². The number of carbonyl (C=O) groups excluding carboxylic acids is 1. The average Bonchev–Trinajstić information content (AvgIpc) is 3.04. The van der Waals surface area contributed by atoms with Gasteiger partial charge in [-0.2, -0.15) is 0 Å². The minimum atomic E-state index is -0.230. The Bertz CT molecular complexity index is 567. The molecular formula is C12H14BrN3O4. The van der Waals surface area contributed by atoms with Gasteiger partial charge in [-0.05, 0) is 35.0 Å². The van der Waals surface area contributed by atoms with E-state index >= 15 is 0 Å². The van der Waals surface area contributed by atoms with E-state index < -0.39 is 0 Å². The van der Waals surface area contributed by atoms with Crippen LogP contribution in [0.3, 0.4) is 0 Å². The van der Waals surface area contributed by atoms with E-state index in [4.69, 9.17) is 13.6 Å². The van der Waals surface area contributed by atoms with Crippen molar-refractivity contribution in [3.63, 3.8) is 0 Å². The number of halogens is 1. The molecule has 0 aromatic carbocycles. The van der Waals surface area contributed by atoms with Crippen molar-refractivity contribution in [1.29, 1.82) is 0 Å². The molecule has 0 saturated heterocycles. The smallest absolute Gasteiger partial charge is 0.307 e. The molecule has 0 fully saturated rings. The first-order chi connectivity index (χ1) is 9.69. The van der Waals surface area contributed by atoms with Crippen molar-refractivity contribution >= 4 is 21.9 Å². The van der Waals surface area contributed by atoms with E-state index in [9.17, 15) is 4.79 Å². The summed E-state index contributed by atoms with van der Waals surface area (Å²) >= 11 is 3.20. The van der Waals surface area contributed by atoms with Crippen LogP contribution in [0.4, 0.5) is 0 Å². The monoisotopic (exact) mass is 343 g/mol. The van der Waals surface area contributed by atoms with E-state index in [0.717, 1.165) is 0 Å². The van der Waals surface area contributed by atoms with Gasteiger partial charge in [-0.3, -0.25) is 4.79 Å². The summed E-state index contributed by atoms with van der Waals surface area (Å²) in [5, 5.41) is 10.8. The second-order valence-corrected chi connectivity index (χ2v) is 4.62. The van der Waals surface area contributed by atoms with Crippen LogP contribution in [-0.2, 0) is 16.1 Å². The molecule has 0 amide bonds. The number of rotatable bonds is 7. The van der Waals surface area contributed by atoms with E-state index in [0.29, 0.717) is 48.3 Å². The molecule has 2 aromatic heterocycles. The first kappa shape index (κ1) is 14.7. The molecule has 1 N–H and O–H groups in total. The standard InChI is InChI=1S/C12H14BrN3O4/c1-2-18-11(17)5-6-14-7-10-15-16-12(20-10)8-3-4-9(13)19-8/h3-4,14H,2,5-7H2,1H3. The molecule has 0 radical (unpaired) electrons. The number of esters is 1. The van der Waals surface area contributed by atoms with E-state index in [1.165, 1.54) is 0 Å². The maximum atomic E-state index is 11.1. The van der Waals surface area contributed by atoms with Crippen LogP contribution in [0, 0.1) is 0 Å². The van der Waals surface area contributed by atoms with Gasteiger partial charge in [-0.1, -0.05) is 0 Å². The summed E-state index contributed by atoms with van der Waals surface area (Å²) in [5.41, 5.74) is 0. The Kier molecular flexibility index (Phi) is 5.31. The Morgan fingerprint density at radius 1 is 1.40 bits per heavy atom. The van der Waals surface area contributed by atoms with Crippen molar-refractivity contribution in [2.75, 3.05) is 13.2 Å². The Morgan fingerprint density at radius 2 is 2.25 bits per heavy atom. The Balaban J connectivity index is 1.77. The highest BCUT2D eigenvalue weighted by molar-refractivity contribution is 9.10. The lowest BCUT2D eigenvalue weighted by atomic mass is 10.4. The SMILES string of the molecule is CCOC(=O)CCNCc1nnc(-c2ccc(Br)o2)o1. The van der Waals surface area contributed by atoms with Crippen LogP contribution in [0.2, 0.25) is 0 Å². The molecule has 8 heteroatoms. The molecular weight excluding hydrogens is 330 g/mol. The van der Waals surface area contributed by atoms with Gasteiger partial charge in [0, 0.05) is 6.54 Å². The van der Waals surface area contributed by atoms with Crippen LogP contribution in [0.15, 0.2) is 25.6 Å². The molecule has 7 nitrogen and oxygen atoms in total. The molecule has 0 aliphatic heterocycles. The van der Waals surface area contributed by atoms with Crippen LogP contribution in [-0.4, -0.2) is 29.3 Å². The number of nitrogens with one attached hydrogen (secondary N) is 1. The summed E-state index contributed by atoms with van der Waals surface area (Å²) in [4.78, 5) is 11.1. The molecule has 0 atom stereocenters. The second kappa shape index (κ2) is 7.20. The fraction of sp³-hybridized carbons (Fsp3) is 0.417. The predicted octanol–water partition coefficient (Wildman–Crippen LogP) is 2.13. The summed E-state index contributed by atoms with van der Waals surface area (Å²) in [6, 6.07) is 3.48. The van der Waals surface area contributed by atoms with Gasteiger partial charge < -0.3 is 18.9 Å². The maximum absolute atomic E-state index is 11.1. The summed E-state index contributed by atoms with van der Waals surface area (Å²) in [6.07, 6.45) is 0.306. The third kappa shape index (κ3) is 4.17. The molecule has 0 unspecified atom stereocenters. The maximum Gasteiger partial charge on any atom is 0.307 e. The molecule has 108 valence electrons. The second-order valence-electron chi connectivity index (χ2n) is 3.84. The number of carbonyl (C=O) groups is 1. The van der Waals surface area contributed by atoms with E-state index in [1.54, 1.807) is 19.1 Å². The quantitative estimate of drug-likeness (QED) is 0.608. The van der Waals surface area contributed by atoms with Crippen molar-refractivity contribution in [1.82, 2.24) is 15.5 Å². The first-order valence-corrected chi connectivity index (χ1v) is 6.92. The number of ether oxygens (including phenoxy) is 1. The largest absolute Gasteiger partial charge is 0.466 e. The number of nitrogens with zero attached hydrogens (tertiary/aromatic N) is 2. The highest BCUT2D eigenvalue weighted by atomic mass is 79.9. The highest BCUT2D eigenvalue weighted by Gasteiger charge is 2.12. The lowest BCUT2D eigenvalue weighted by Gasteiger charge is -2.01. The molecule has 2 heterocycles. The minimum absolute atomic E-state index is 0.230. The Morgan fingerprint density at radius 3 is 2.95 bits per heavy atom. The Hall–Kier alpha value is -1.67. The number of aromatic nitrogens is 2. The van der Waals surface area contributed by atoms with Gasteiger partial charge in [0.05, 0.1) is 19.6 Å². The molecule has 20 heavy (non-hydrogen) atoms. The van der Waals surface area contributed by atoms with Crippen molar-refractivity contribution in [3.05, 3.63) is 22.7 Å². The molecule has 2 aromatic rings. The van der Waals surface area contributed by atoms with E-state index in [1.807, 2.05) is 0 Å². The zero-order valence-corrected chi connectivity index (χ0v) is 12.5. The summed E-state index contributed by atoms with van der Waals surface area (Å²) in [5.74, 6) is 1.02. The molecule has 0 aliphatic carbocycles. The van der Waals surface area contributed by atoms with Crippen molar-refractivity contribution in [3.8, 4) is 11.7 Å². The first-order valence-electron chi connectivity index (χ1n) is 6.13. The Labute approximate surface area is 123 Å². The molecule has 0 bridgehead atoms. The number of furan rings is 1. The predicted molar refractivity (Wildman–Crippen MR) is 72.7 cm³/mol. The van der Waals surface area contributed by atoms with Gasteiger partial charge in [-0.25, -0.2) is 0 Å². The van der Waals surface area contributed by atoms with Gasteiger partial charge in [0.1, 0.15) is 0 Å². The van der Waals surface area contributed by atoms with Crippen molar-refractivity contribution in [2.45, 2.75) is 19.9 Å². The minimum Gasteiger partial charge on any atom is -0.466 e. The highest BCUT2D eigenvalue weighted by Crippen LogP contribution is 2.23. The fourth-order valence-corrected chi connectivity index (χ4v) is 1.78. The molecule has 0 saturated carbocycles. The number of hydrogen-bond acceptors (Lipinski definition) is 7. The zero-order chi connectivity index (χ0) is 14.4. The molecule has 0 aliphatic rings. The third-order valence-corrected chi connectivity index (χ3v) is 2.76. The average molecular weight is 344 g/mol. The van der Waals surface area contributed by atoms with Gasteiger partial charge in [0.15, 0.2) is 10.4 Å². The lowest BCUT2D eigenvalue weighted by Crippen LogP contribution is -2.19. The normalized spacial score (nSPS) is 10.7. The number of hydrogen-bond donors (Lipinski definition) is 1. The zero-order valence-electron chi connectivity index (χ0n) is 10.9. The van der Waals surface area contributed by atoms with Gasteiger partial charge in [0.25, 0.3) is 5.89 Å². The lowest BCUT2D eigenvalue weighted by molar-refractivity contribution is -0.142. The van der Waals surface area contributed by atoms with Crippen LogP contribution in [0.25, 0.3) is 11.7 Å². The van der Waals surface area contributed by atoms with Crippen molar-refractivity contribution < 1.29 is 18.4 Å². The van der Waals surface area contributed by atoms with Gasteiger partial charge >= 0.3 is 5.97 Å². The fourth-order valence-electron chi connectivity index (χ4n) is 1.47. The van der Waals surface area contributed by atoms with Crippen molar-refractivity contribution in [2.24, 2.45) is 0 Å². The summed E-state index contributed by atoms with van der Waals surface area (Å²) in [7, 11) is 0. The summed E-state index contributed by atoms with van der Waals surface area (Å²) < 4.78 is 16.1. The van der Waals surface area contributed by atoms with Gasteiger partial charge in [0.2, 0.25) is 5.89 Å². The van der Waals surface area contributed by atoms with Gasteiger partial charge in [-0.15, -0.1) is 10.2 Å². The van der Waals surface area contributed by atoms with Crippen LogP contribution in [0.1, 0.15) is 19.2 Å².